The highest BCUT2D eigenvalue weighted by Gasteiger charge is 2.14. The molecule has 0 amide bonds. The Labute approximate surface area is 95.2 Å². The lowest BCUT2D eigenvalue weighted by Crippen LogP contribution is -2.02. The molecule has 0 radical (unpaired) electrons. The normalized spacial score (nSPS) is 12.8. The largest absolute Gasteiger partial charge is 0.382 e. The summed E-state index contributed by atoms with van der Waals surface area (Å²) in [6.07, 6.45) is 1.06. The van der Waals surface area contributed by atoms with Crippen LogP contribution in [0.1, 0.15) is 34.3 Å². The zero-order valence-electron chi connectivity index (χ0n) is 9.78. The van der Waals surface area contributed by atoms with Crippen molar-refractivity contribution in [1.82, 2.24) is 9.97 Å². The third kappa shape index (κ3) is 1.99. The summed E-state index contributed by atoms with van der Waals surface area (Å²) >= 11 is 0. The number of H-pyrrole nitrogens is 1. The fourth-order valence-electron chi connectivity index (χ4n) is 1.88. The van der Waals surface area contributed by atoms with Gasteiger partial charge in [-0.15, -0.1) is 0 Å². The molecular formula is C13H16N2O. The molecule has 0 aliphatic rings. The summed E-state index contributed by atoms with van der Waals surface area (Å²) in [5.41, 5.74) is 3.97. The van der Waals surface area contributed by atoms with Crippen LogP contribution in [0.3, 0.4) is 0 Å². The maximum absolute atomic E-state index is 10.2. The number of benzene rings is 1. The highest BCUT2D eigenvalue weighted by molar-refractivity contribution is 5.35. The average Bonchev–Trinajstić information content (AvgIpc) is 2.64. The van der Waals surface area contributed by atoms with E-state index in [4.69, 9.17) is 0 Å². The van der Waals surface area contributed by atoms with Gasteiger partial charge in [0.2, 0.25) is 0 Å². The predicted octanol–water partition coefficient (Wildman–Crippen LogP) is 2.42. The SMILES string of the molecule is Cc1ccc(C(O)c2cnc(C)[nH]2)c(C)c1. The molecule has 84 valence electrons. The second-order valence-electron chi connectivity index (χ2n) is 4.19. The van der Waals surface area contributed by atoms with E-state index < -0.39 is 6.10 Å². The smallest absolute Gasteiger partial charge is 0.121 e. The fraction of sp³-hybridized carbons (Fsp3) is 0.308. The van der Waals surface area contributed by atoms with Crippen LogP contribution >= 0.6 is 0 Å². The minimum absolute atomic E-state index is 0.623. The molecule has 2 N–H and O–H groups in total. The lowest BCUT2D eigenvalue weighted by Gasteiger charge is -2.12. The van der Waals surface area contributed by atoms with Crippen molar-refractivity contribution in [1.29, 1.82) is 0 Å². The molecule has 0 saturated heterocycles. The number of nitrogens with zero attached hydrogens (tertiary/aromatic N) is 1. The van der Waals surface area contributed by atoms with E-state index in [9.17, 15) is 5.11 Å². The summed E-state index contributed by atoms with van der Waals surface area (Å²) in [7, 11) is 0. The summed E-state index contributed by atoms with van der Waals surface area (Å²) in [5, 5.41) is 10.2. The monoisotopic (exact) mass is 216 g/mol. The van der Waals surface area contributed by atoms with Gasteiger partial charge in [-0.25, -0.2) is 4.98 Å². The van der Waals surface area contributed by atoms with Crippen LogP contribution in [0.5, 0.6) is 0 Å². The van der Waals surface area contributed by atoms with Crippen LogP contribution in [0.2, 0.25) is 0 Å². The van der Waals surface area contributed by atoms with Gasteiger partial charge < -0.3 is 10.1 Å². The average molecular weight is 216 g/mol. The highest BCUT2D eigenvalue weighted by atomic mass is 16.3. The molecule has 3 heteroatoms. The van der Waals surface area contributed by atoms with Gasteiger partial charge in [0.15, 0.2) is 0 Å². The maximum Gasteiger partial charge on any atom is 0.121 e. The van der Waals surface area contributed by atoms with Gasteiger partial charge in [-0.3, -0.25) is 0 Å². The number of aliphatic hydroxyl groups excluding tert-OH is 1. The maximum atomic E-state index is 10.2. The number of rotatable bonds is 2. The van der Waals surface area contributed by atoms with Crippen molar-refractivity contribution < 1.29 is 5.11 Å². The number of nitrogens with one attached hydrogen (secondary N) is 1. The Hall–Kier alpha value is -1.61. The van der Waals surface area contributed by atoms with Crippen LogP contribution in [0.4, 0.5) is 0 Å². The van der Waals surface area contributed by atoms with Crippen molar-refractivity contribution in [3.05, 3.63) is 52.6 Å². The standard InChI is InChI=1S/C13H16N2O/c1-8-4-5-11(9(2)6-8)13(16)12-7-14-10(3)15-12/h4-7,13,16H,1-3H3,(H,14,15). The molecule has 0 aliphatic carbocycles. The molecule has 2 rings (SSSR count). The molecule has 1 atom stereocenters. The Bertz CT molecular complexity index is 502. The molecule has 0 aliphatic heterocycles. The summed E-state index contributed by atoms with van der Waals surface area (Å²) < 4.78 is 0. The second-order valence-corrected chi connectivity index (χ2v) is 4.19. The Morgan fingerprint density at radius 3 is 2.56 bits per heavy atom. The van der Waals surface area contributed by atoms with Gasteiger partial charge in [-0.2, -0.15) is 0 Å². The van der Waals surface area contributed by atoms with Gasteiger partial charge in [-0.05, 0) is 31.9 Å². The van der Waals surface area contributed by atoms with Crippen molar-refractivity contribution in [2.45, 2.75) is 26.9 Å². The van der Waals surface area contributed by atoms with E-state index in [2.05, 4.69) is 16.0 Å². The van der Waals surface area contributed by atoms with Crippen molar-refractivity contribution in [2.24, 2.45) is 0 Å². The van der Waals surface area contributed by atoms with Crippen molar-refractivity contribution in [3.8, 4) is 0 Å². The Morgan fingerprint density at radius 1 is 1.25 bits per heavy atom. The zero-order valence-corrected chi connectivity index (χ0v) is 9.78. The van der Waals surface area contributed by atoms with Gasteiger partial charge in [0, 0.05) is 0 Å². The van der Waals surface area contributed by atoms with Crippen LogP contribution < -0.4 is 0 Å². The Kier molecular flexibility index (Phi) is 2.79. The first-order valence-corrected chi connectivity index (χ1v) is 5.34. The molecule has 16 heavy (non-hydrogen) atoms. The molecule has 1 heterocycles. The fourth-order valence-corrected chi connectivity index (χ4v) is 1.88. The molecule has 0 fully saturated rings. The van der Waals surface area contributed by atoms with Crippen LogP contribution in [-0.4, -0.2) is 15.1 Å². The lowest BCUT2D eigenvalue weighted by molar-refractivity contribution is 0.215. The van der Waals surface area contributed by atoms with Crippen LogP contribution in [0.15, 0.2) is 24.4 Å². The Morgan fingerprint density at radius 2 is 2.00 bits per heavy atom. The number of aliphatic hydroxyl groups is 1. The Balaban J connectivity index is 2.37. The van der Waals surface area contributed by atoms with E-state index in [0.717, 1.165) is 22.6 Å². The van der Waals surface area contributed by atoms with Gasteiger partial charge in [0.25, 0.3) is 0 Å². The van der Waals surface area contributed by atoms with Gasteiger partial charge in [-0.1, -0.05) is 23.8 Å². The summed E-state index contributed by atoms with van der Waals surface area (Å²) in [6, 6.07) is 6.04. The molecule has 3 nitrogen and oxygen atoms in total. The van der Waals surface area contributed by atoms with Crippen LogP contribution in [0.25, 0.3) is 0 Å². The van der Waals surface area contributed by atoms with E-state index in [1.54, 1.807) is 6.20 Å². The molecule has 0 bridgehead atoms. The third-order valence-electron chi connectivity index (χ3n) is 2.74. The number of aromatic amines is 1. The van der Waals surface area contributed by atoms with Crippen molar-refractivity contribution in [2.75, 3.05) is 0 Å². The summed E-state index contributed by atoms with van der Waals surface area (Å²) in [5.74, 6) is 0.818. The minimum atomic E-state index is -0.623. The zero-order chi connectivity index (χ0) is 11.7. The van der Waals surface area contributed by atoms with E-state index >= 15 is 0 Å². The molecule has 1 aromatic carbocycles. The van der Waals surface area contributed by atoms with E-state index in [0.29, 0.717) is 0 Å². The molecular weight excluding hydrogens is 200 g/mol. The molecule has 0 saturated carbocycles. The number of aromatic nitrogens is 2. The summed E-state index contributed by atoms with van der Waals surface area (Å²) in [4.78, 5) is 7.15. The predicted molar refractivity (Wildman–Crippen MR) is 63.3 cm³/mol. The number of hydrogen-bond donors (Lipinski definition) is 2. The molecule has 0 spiro atoms. The van der Waals surface area contributed by atoms with Gasteiger partial charge in [0.1, 0.15) is 11.9 Å². The highest BCUT2D eigenvalue weighted by Crippen LogP contribution is 2.24. The topological polar surface area (TPSA) is 48.9 Å². The van der Waals surface area contributed by atoms with E-state index in [1.165, 1.54) is 5.56 Å². The lowest BCUT2D eigenvalue weighted by atomic mass is 10.00. The first-order valence-electron chi connectivity index (χ1n) is 5.34. The molecule has 2 aromatic rings. The van der Waals surface area contributed by atoms with Crippen molar-refractivity contribution >= 4 is 0 Å². The minimum Gasteiger partial charge on any atom is -0.382 e. The first kappa shape index (κ1) is 10.9. The number of imidazole rings is 1. The number of aryl methyl sites for hydroxylation is 3. The molecule has 1 unspecified atom stereocenters. The third-order valence-corrected chi connectivity index (χ3v) is 2.74. The van der Waals surface area contributed by atoms with E-state index in [-0.39, 0.29) is 0 Å². The van der Waals surface area contributed by atoms with Crippen LogP contribution in [0, 0.1) is 20.8 Å². The quantitative estimate of drug-likeness (QED) is 0.810. The first-order chi connectivity index (χ1) is 7.58. The number of hydrogen-bond acceptors (Lipinski definition) is 2. The molecule has 1 aromatic heterocycles. The summed E-state index contributed by atoms with van der Waals surface area (Å²) in [6.45, 7) is 5.93. The van der Waals surface area contributed by atoms with Crippen LogP contribution in [-0.2, 0) is 0 Å². The van der Waals surface area contributed by atoms with E-state index in [1.807, 2.05) is 32.9 Å². The van der Waals surface area contributed by atoms with Gasteiger partial charge in [0.05, 0.1) is 11.9 Å². The second kappa shape index (κ2) is 4.10. The van der Waals surface area contributed by atoms with Gasteiger partial charge >= 0.3 is 0 Å². The van der Waals surface area contributed by atoms with Crippen molar-refractivity contribution in [3.63, 3.8) is 0 Å².